The van der Waals surface area contributed by atoms with Crippen LogP contribution in [0.3, 0.4) is 0 Å². The zero-order valence-corrected chi connectivity index (χ0v) is 16.9. The maximum absolute atomic E-state index is 5.59. The molecule has 5 rings (SSSR count). The van der Waals surface area contributed by atoms with Crippen molar-refractivity contribution < 1.29 is 4.74 Å². The number of methoxy groups -OCH3 is 1. The molecule has 0 radical (unpaired) electrons. The molecule has 0 unspecified atom stereocenters. The second-order valence-corrected chi connectivity index (χ2v) is 7.15. The van der Waals surface area contributed by atoms with E-state index >= 15 is 0 Å². The first-order valence-electron chi connectivity index (χ1n) is 9.78. The number of nitrogens with zero attached hydrogens (tertiary/aromatic N) is 5. The fourth-order valence-corrected chi connectivity index (χ4v) is 3.75. The van der Waals surface area contributed by atoms with Crippen molar-refractivity contribution in [3.8, 4) is 17.1 Å². The number of para-hydroxylation sites is 2. The van der Waals surface area contributed by atoms with E-state index in [0.29, 0.717) is 12.4 Å². The molecule has 0 spiro atoms. The molecule has 148 valence electrons. The van der Waals surface area contributed by atoms with Crippen molar-refractivity contribution in [2.24, 2.45) is 0 Å². The van der Waals surface area contributed by atoms with Gasteiger partial charge in [-0.25, -0.2) is 9.38 Å². The van der Waals surface area contributed by atoms with E-state index in [1.807, 2.05) is 78.2 Å². The van der Waals surface area contributed by atoms with Crippen molar-refractivity contribution in [3.63, 3.8) is 0 Å². The highest BCUT2D eigenvalue weighted by Crippen LogP contribution is 2.32. The first-order chi connectivity index (χ1) is 14.8. The normalized spacial score (nSPS) is 11.1. The summed E-state index contributed by atoms with van der Waals surface area (Å²) in [5.74, 6) is 2.23. The summed E-state index contributed by atoms with van der Waals surface area (Å²) >= 11 is 0. The molecule has 0 bridgehead atoms. The van der Waals surface area contributed by atoms with E-state index in [1.165, 1.54) is 5.56 Å². The summed E-state index contributed by atoms with van der Waals surface area (Å²) in [6.07, 6.45) is 0. The number of hydrogen-bond donors (Lipinski definition) is 0. The van der Waals surface area contributed by atoms with Crippen LogP contribution in [0.25, 0.3) is 27.9 Å². The van der Waals surface area contributed by atoms with Crippen LogP contribution in [0.2, 0.25) is 0 Å². The van der Waals surface area contributed by atoms with Gasteiger partial charge in [-0.05, 0) is 29.8 Å². The second kappa shape index (κ2) is 7.48. The average molecular weight is 395 g/mol. The van der Waals surface area contributed by atoms with Gasteiger partial charge in [-0.3, -0.25) is 0 Å². The number of aromatic nitrogens is 4. The largest absolute Gasteiger partial charge is 0.496 e. The van der Waals surface area contributed by atoms with Crippen molar-refractivity contribution in [3.05, 3.63) is 84.4 Å². The van der Waals surface area contributed by atoms with Crippen molar-refractivity contribution in [2.45, 2.75) is 6.54 Å². The molecule has 0 aliphatic heterocycles. The minimum absolute atomic E-state index is 0.704. The summed E-state index contributed by atoms with van der Waals surface area (Å²) in [4.78, 5) is 7.10. The SMILES string of the molecule is COc1ccccc1-c1nnc2c3ccccc3nc(N(C)Cc3ccccc3)n12. The molecular formula is C24H21N5O. The van der Waals surface area contributed by atoms with Crippen LogP contribution in [0, 0.1) is 0 Å². The van der Waals surface area contributed by atoms with Gasteiger partial charge < -0.3 is 9.64 Å². The minimum atomic E-state index is 0.704. The van der Waals surface area contributed by atoms with Gasteiger partial charge in [-0.15, -0.1) is 10.2 Å². The summed E-state index contributed by atoms with van der Waals surface area (Å²) in [5.41, 5.74) is 3.74. The zero-order chi connectivity index (χ0) is 20.5. The molecule has 2 heterocycles. The Bertz CT molecular complexity index is 1330. The molecule has 30 heavy (non-hydrogen) atoms. The van der Waals surface area contributed by atoms with Gasteiger partial charge in [-0.2, -0.15) is 0 Å². The molecule has 0 aliphatic carbocycles. The van der Waals surface area contributed by atoms with Crippen LogP contribution < -0.4 is 9.64 Å². The lowest BCUT2D eigenvalue weighted by atomic mass is 10.2. The summed E-state index contributed by atoms with van der Waals surface area (Å²) in [7, 11) is 3.70. The summed E-state index contributed by atoms with van der Waals surface area (Å²) in [6.45, 7) is 0.713. The van der Waals surface area contributed by atoms with Crippen LogP contribution in [0.15, 0.2) is 78.9 Å². The first kappa shape index (κ1) is 18.1. The van der Waals surface area contributed by atoms with Crippen LogP contribution in [-0.2, 0) is 6.54 Å². The van der Waals surface area contributed by atoms with Gasteiger partial charge in [-0.1, -0.05) is 54.6 Å². The van der Waals surface area contributed by atoms with Crippen LogP contribution in [0.1, 0.15) is 5.56 Å². The molecule has 6 nitrogen and oxygen atoms in total. The maximum atomic E-state index is 5.59. The second-order valence-electron chi connectivity index (χ2n) is 7.15. The Balaban J connectivity index is 1.76. The molecule has 0 amide bonds. The fourth-order valence-electron chi connectivity index (χ4n) is 3.75. The quantitative estimate of drug-likeness (QED) is 0.436. The molecule has 2 aromatic heterocycles. The molecule has 0 N–H and O–H groups in total. The van der Waals surface area contributed by atoms with E-state index in [-0.39, 0.29) is 0 Å². The van der Waals surface area contributed by atoms with E-state index in [2.05, 4.69) is 27.2 Å². The highest BCUT2D eigenvalue weighted by molar-refractivity contribution is 5.93. The molecule has 0 saturated carbocycles. The van der Waals surface area contributed by atoms with Crippen molar-refractivity contribution >= 4 is 22.5 Å². The summed E-state index contributed by atoms with van der Waals surface area (Å²) in [6, 6.07) is 26.2. The molecule has 6 heteroatoms. The van der Waals surface area contributed by atoms with Gasteiger partial charge in [0.05, 0.1) is 18.2 Å². The lowest BCUT2D eigenvalue weighted by Crippen LogP contribution is -2.21. The van der Waals surface area contributed by atoms with E-state index in [9.17, 15) is 0 Å². The lowest BCUT2D eigenvalue weighted by Gasteiger charge is -2.21. The number of ether oxygens (including phenoxy) is 1. The third-order valence-corrected chi connectivity index (χ3v) is 5.18. The molecular weight excluding hydrogens is 374 g/mol. The van der Waals surface area contributed by atoms with Gasteiger partial charge in [0.1, 0.15) is 5.75 Å². The standard InChI is InChI=1S/C24H21N5O/c1-28(16-17-10-4-3-5-11-17)24-25-20-14-8-6-12-18(20)22-26-27-23(29(22)24)19-13-7-9-15-21(19)30-2/h3-15H,16H2,1-2H3. The number of anilines is 1. The van der Waals surface area contributed by atoms with E-state index in [0.717, 1.165) is 33.8 Å². The third kappa shape index (κ3) is 3.03. The number of rotatable bonds is 5. The Kier molecular flexibility index (Phi) is 4.52. The average Bonchev–Trinajstić information content (AvgIpc) is 3.24. The summed E-state index contributed by atoms with van der Waals surface area (Å²) in [5, 5.41) is 10.0. The number of hydrogen-bond acceptors (Lipinski definition) is 5. The minimum Gasteiger partial charge on any atom is -0.496 e. The van der Waals surface area contributed by atoms with Gasteiger partial charge in [0.15, 0.2) is 11.5 Å². The van der Waals surface area contributed by atoms with Crippen molar-refractivity contribution in [1.29, 1.82) is 0 Å². The van der Waals surface area contributed by atoms with Crippen LogP contribution in [-0.4, -0.2) is 33.7 Å². The molecule has 3 aromatic carbocycles. The summed E-state index contributed by atoms with van der Waals surface area (Å²) < 4.78 is 7.60. The highest BCUT2D eigenvalue weighted by Gasteiger charge is 2.20. The maximum Gasteiger partial charge on any atom is 0.213 e. The molecule has 0 fully saturated rings. The Hall–Kier alpha value is -3.93. The van der Waals surface area contributed by atoms with Gasteiger partial charge >= 0.3 is 0 Å². The Morgan fingerprint density at radius 1 is 0.867 bits per heavy atom. The topological polar surface area (TPSA) is 55.6 Å². The molecule has 5 aromatic rings. The Morgan fingerprint density at radius 3 is 2.43 bits per heavy atom. The molecule has 0 atom stereocenters. The van der Waals surface area contributed by atoms with Gasteiger partial charge in [0.2, 0.25) is 5.95 Å². The number of fused-ring (bicyclic) bond motifs is 3. The zero-order valence-electron chi connectivity index (χ0n) is 16.9. The van der Waals surface area contributed by atoms with Crippen molar-refractivity contribution in [1.82, 2.24) is 19.6 Å². The van der Waals surface area contributed by atoms with Crippen LogP contribution in [0.5, 0.6) is 5.75 Å². The Morgan fingerprint density at radius 2 is 1.60 bits per heavy atom. The van der Waals surface area contributed by atoms with Gasteiger partial charge in [0.25, 0.3) is 0 Å². The number of benzene rings is 3. The predicted octanol–water partition coefficient (Wildman–Crippen LogP) is 4.59. The predicted molar refractivity (Wildman–Crippen MR) is 119 cm³/mol. The highest BCUT2D eigenvalue weighted by atomic mass is 16.5. The van der Waals surface area contributed by atoms with E-state index < -0.39 is 0 Å². The van der Waals surface area contributed by atoms with E-state index in [1.54, 1.807) is 7.11 Å². The van der Waals surface area contributed by atoms with Crippen LogP contribution >= 0.6 is 0 Å². The third-order valence-electron chi connectivity index (χ3n) is 5.18. The fraction of sp³-hybridized carbons (Fsp3) is 0.125. The monoisotopic (exact) mass is 395 g/mol. The van der Waals surface area contributed by atoms with Gasteiger partial charge in [0, 0.05) is 19.0 Å². The molecule has 0 aliphatic rings. The molecule has 0 saturated heterocycles. The van der Waals surface area contributed by atoms with E-state index in [4.69, 9.17) is 9.72 Å². The van der Waals surface area contributed by atoms with Crippen molar-refractivity contribution in [2.75, 3.05) is 19.1 Å². The lowest BCUT2D eigenvalue weighted by molar-refractivity contribution is 0.416. The van der Waals surface area contributed by atoms with Crippen LogP contribution in [0.4, 0.5) is 5.95 Å². The smallest absolute Gasteiger partial charge is 0.213 e. The Labute approximate surface area is 174 Å². The first-order valence-corrected chi connectivity index (χ1v) is 9.78.